The molecule has 88 valence electrons. The first-order chi connectivity index (χ1) is 7.54. The van der Waals surface area contributed by atoms with Crippen molar-refractivity contribution >= 4 is 33.4 Å². The summed E-state index contributed by atoms with van der Waals surface area (Å²) in [4.78, 5) is 11.3. The number of carbonyl (C=O) groups is 1. The van der Waals surface area contributed by atoms with Crippen LogP contribution in [0.1, 0.15) is 12.5 Å². The molecule has 3 nitrogen and oxygen atoms in total. The van der Waals surface area contributed by atoms with Crippen molar-refractivity contribution in [3.63, 3.8) is 0 Å². The smallest absolute Gasteiger partial charge is 0.236 e. The van der Waals surface area contributed by atoms with E-state index in [-0.39, 0.29) is 11.9 Å². The molecular formula is C11H14BrClN2O. The lowest BCUT2D eigenvalue weighted by Crippen LogP contribution is -2.40. The summed E-state index contributed by atoms with van der Waals surface area (Å²) in [5.41, 5.74) is 1.08. The topological polar surface area (TPSA) is 41.1 Å². The van der Waals surface area contributed by atoms with E-state index < -0.39 is 0 Å². The Bertz CT molecular complexity index is 384. The number of nitrogens with one attached hydrogen (secondary N) is 2. The van der Waals surface area contributed by atoms with E-state index in [1.807, 2.05) is 25.1 Å². The fourth-order valence-electron chi connectivity index (χ4n) is 1.23. The molecule has 0 fully saturated rings. The molecule has 1 rings (SSSR count). The molecule has 0 spiro atoms. The Morgan fingerprint density at radius 1 is 1.56 bits per heavy atom. The monoisotopic (exact) mass is 304 g/mol. The number of amides is 1. The van der Waals surface area contributed by atoms with Gasteiger partial charge >= 0.3 is 0 Å². The summed E-state index contributed by atoms with van der Waals surface area (Å²) in [5, 5.41) is 6.39. The zero-order valence-corrected chi connectivity index (χ0v) is 11.5. The number of halogens is 2. The van der Waals surface area contributed by atoms with Crippen LogP contribution in [0.4, 0.5) is 0 Å². The van der Waals surface area contributed by atoms with Crippen molar-refractivity contribution in [3.8, 4) is 0 Å². The van der Waals surface area contributed by atoms with E-state index >= 15 is 0 Å². The minimum Gasteiger partial charge on any atom is -0.358 e. The predicted molar refractivity (Wildman–Crippen MR) is 69.5 cm³/mol. The van der Waals surface area contributed by atoms with Gasteiger partial charge in [0.2, 0.25) is 5.91 Å². The summed E-state index contributed by atoms with van der Waals surface area (Å²) in [6, 6.07) is 5.48. The van der Waals surface area contributed by atoms with E-state index in [1.54, 1.807) is 7.05 Å². The van der Waals surface area contributed by atoms with Gasteiger partial charge < -0.3 is 10.6 Å². The van der Waals surface area contributed by atoms with Crippen molar-refractivity contribution < 1.29 is 4.79 Å². The van der Waals surface area contributed by atoms with Gasteiger partial charge in [-0.2, -0.15) is 0 Å². The highest BCUT2D eigenvalue weighted by molar-refractivity contribution is 9.10. The van der Waals surface area contributed by atoms with Gasteiger partial charge in [-0.3, -0.25) is 4.79 Å². The van der Waals surface area contributed by atoms with Crippen LogP contribution in [0.3, 0.4) is 0 Å². The molecule has 0 aliphatic rings. The summed E-state index contributed by atoms with van der Waals surface area (Å²) < 4.78 is 0.862. The van der Waals surface area contributed by atoms with Crippen molar-refractivity contribution in [1.82, 2.24) is 10.6 Å². The molecule has 0 heterocycles. The minimum atomic E-state index is -0.209. The lowest BCUT2D eigenvalue weighted by atomic mass is 10.2. The maximum Gasteiger partial charge on any atom is 0.236 e. The molecule has 0 saturated carbocycles. The van der Waals surface area contributed by atoms with Gasteiger partial charge in [0.15, 0.2) is 0 Å². The van der Waals surface area contributed by atoms with Crippen LogP contribution in [0.25, 0.3) is 0 Å². The number of rotatable bonds is 4. The summed E-state index contributed by atoms with van der Waals surface area (Å²) in [7, 11) is 1.62. The van der Waals surface area contributed by atoms with Gasteiger partial charge in [-0.25, -0.2) is 0 Å². The second kappa shape index (κ2) is 6.23. The third-order valence-electron chi connectivity index (χ3n) is 2.24. The van der Waals surface area contributed by atoms with E-state index in [1.165, 1.54) is 0 Å². The molecule has 16 heavy (non-hydrogen) atoms. The molecule has 1 unspecified atom stereocenters. The Balaban J connectivity index is 2.55. The average Bonchev–Trinajstić information content (AvgIpc) is 2.29. The molecule has 0 aliphatic carbocycles. The Morgan fingerprint density at radius 3 is 2.81 bits per heavy atom. The van der Waals surface area contributed by atoms with Crippen LogP contribution in [0.2, 0.25) is 5.02 Å². The third kappa shape index (κ3) is 3.77. The van der Waals surface area contributed by atoms with Crippen molar-refractivity contribution in [2.24, 2.45) is 0 Å². The highest BCUT2D eigenvalue weighted by atomic mass is 79.9. The highest BCUT2D eigenvalue weighted by Crippen LogP contribution is 2.23. The largest absolute Gasteiger partial charge is 0.358 e. The van der Waals surface area contributed by atoms with E-state index in [9.17, 15) is 4.79 Å². The van der Waals surface area contributed by atoms with Crippen molar-refractivity contribution in [2.45, 2.75) is 19.5 Å². The lowest BCUT2D eigenvalue weighted by molar-refractivity contribution is -0.122. The molecule has 1 amide bonds. The first-order valence-electron chi connectivity index (χ1n) is 4.93. The van der Waals surface area contributed by atoms with Crippen LogP contribution in [0.15, 0.2) is 22.7 Å². The van der Waals surface area contributed by atoms with Crippen LogP contribution in [0.5, 0.6) is 0 Å². The van der Waals surface area contributed by atoms with E-state index in [4.69, 9.17) is 11.6 Å². The first kappa shape index (κ1) is 13.5. The van der Waals surface area contributed by atoms with Gasteiger partial charge in [0.25, 0.3) is 0 Å². The number of carbonyl (C=O) groups excluding carboxylic acids is 1. The summed E-state index contributed by atoms with van der Waals surface area (Å²) in [6.07, 6.45) is 0. The maximum absolute atomic E-state index is 11.3. The van der Waals surface area contributed by atoms with Gasteiger partial charge in [0.05, 0.1) is 11.1 Å². The van der Waals surface area contributed by atoms with Crippen LogP contribution in [-0.2, 0) is 11.3 Å². The predicted octanol–water partition coefficient (Wildman–Crippen LogP) is 2.33. The van der Waals surface area contributed by atoms with E-state index in [0.717, 1.165) is 10.0 Å². The molecule has 0 bridgehead atoms. The second-order valence-electron chi connectivity index (χ2n) is 3.47. The van der Waals surface area contributed by atoms with Gasteiger partial charge in [-0.1, -0.05) is 17.7 Å². The Hall–Kier alpha value is -0.580. The SMILES string of the molecule is CNC(=O)C(C)NCc1ccc(Cl)c(Br)c1. The molecule has 1 atom stereocenters. The van der Waals surface area contributed by atoms with Gasteiger partial charge in [0, 0.05) is 18.1 Å². The standard InChI is InChI=1S/C11H14BrClN2O/c1-7(11(16)14-2)15-6-8-3-4-10(13)9(12)5-8/h3-5,7,15H,6H2,1-2H3,(H,14,16). The number of hydrogen-bond donors (Lipinski definition) is 2. The maximum atomic E-state index is 11.3. The molecular weight excluding hydrogens is 291 g/mol. The zero-order valence-electron chi connectivity index (χ0n) is 9.18. The molecule has 0 aliphatic heterocycles. The fraction of sp³-hybridized carbons (Fsp3) is 0.364. The van der Waals surface area contributed by atoms with Crippen molar-refractivity contribution in [3.05, 3.63) is 33.3 Å². The normalized spacial score (nSPS) is 12.2. The molecule has 0 radical (unpaired) electrons. The summed E-state index contributed by atoms with van der Waals surface area (Å²) in [6.45, 7) is 2.45. The molecule has 0 aromatic heterocycles. The van der Waals surface area contributed by atoms with Gasteiger partial charge in [0.1, 0.15) is 0 Å². The minimum absolute atomic E-state index is 0.0203. The van der Waals surface area contributed by atoms with Crippen molar-refractivity contribution in [1.29, 1.82) is 0 Å². The second-order valence-corrected chi connectivity index (χ2v) is 4.73. The summed E-state index contributed by atoms with van der Waals surface area (Å²) >= 11 is 9.24. The average molecular weight is 306 g/mol. The molecule has 0 saturated heterocycles. The van der Waals surface area contributed by atoms with E-state index in [0.29, 0.717) is 11.6 Å². The summed E-state index contributed by atoms with van der Waals surface area (Å²) in [5.74, 6) is -0.0203. The van der Waals surface area contributed by atoms with Crippen LogP contribution in [-0.4, -0.2) is 19.0 Å². The quantitative estimate of drug-likeness (QED) is 0.896. The third-order valence-corrected chi connectivity index (χ3v) is 3.45. The first-order valence-corrected chi connectivity index (χ1v) is 6.10. The zero-order chi connectivity index (χ0) is 12.1. The Kier molecular flexibility index (Phi) is 5.25. The lowest BCUT2D eigenvalue weighted by Gasteiger charge is -2.12. The molecule has 1 aromatic carbocycles. The van der Waals surface area contributed by atoms with Gasteiger partial charge in [-0.05, 0) is 40.5 Å². The number of benzene rings is 1. The van der Waals surface area contributed by atoms with Gasteiger partial charge in [-0.15, -0.1) is 0 Å². The number of likely N-dealkylation sites (N-methyl/N-ethyl adjacent to an activating group) is 1. The fourth-order valence-corrected chi connectivity index (χ4v) is 1.77. The van der Waals surface area contributed by atoms with Crippen LogP contribution < -0.4 is 10.6 Å². The Morgan fingerprint density at radius 2 is 2.25 bits per heavy atom. The molecule has 5 heteroatoms. The van der Waals surface area contributed by atoms with Crippen molar-refractivity contribution in [2.75, 3.05) is 7.05 Å². The highest BCUT2D eigenvalue weighted by Gasteiger charge is 2.09. The Labute approximate surface area is 109 Å². The van der Waals surface area contributed by atoms with Crippen LogP contribution in [0, 0.1) is 0 Å². The number of hydrogen-bond acceptors (Lipinski definition) is 2. The van der Waals surface area contributed by atoms with E-state index in [2.05, 4.69) is 26.6 Å². The molecule has 1 aromatic rings. The van der Waals surface area contributed by atoms with Crippen LogP contribution >= 0.6 is 27.5 Å². The molecule has 2 N–H and O–H groups in total.